The van der Waals surface area contributed by atoms with Crippen molar-refractivity contribution in [2.75, 3.05) is 0 Å². The number of hydrogen-bond acceptors (Lipinski definition) is 3. The van der Waals surface area contributed by atoms with Crippen LogP contribution in [0, 0.1) is 0 Å². The standard InChI is InChI=1S/C19H20N2O4/c1-13(22)21-17(15-5-3-2-4-6-15)11-18(23)20-12-14-7-9-16(10-8-14)19(24)25/h2-10,17H,11-12H2,1H3,(H,20,23)(H,21,22)(H,24,25)/t17-/m1/s1. The Labute approximate surface area is 145 Å². The van der Waals surface area contributed by atoms with Gasteiger partial charge in [-0.1, -0.05) is 42.5 Å². The highest BCUT2D eigenvalue weighted by Crippen LogP contribution is 2.16. The number of rotatable bonds is 7. The van der Waals surface area contributed by atoms with Crippen LogP contribution in [0.25, 0.3) is 0 Å². The van der Waals surface area contributed by atoms with Crippen LogP contribution in [0.2, 0.25) is 0 Å². The van der Waals surface area contributed by atoms with E-state index in [0.29, 0.717) is 6.54 Å². The zero-order valence-electron chi connectivity index (χ0n) is 13.9. The number of carboxylic acid groups (broad SMARTS) is 1. The van der Waals surface area contributed by atoms with E-state index in [4.69, 9.17) is 5.11 Å². The Morgan fingerprint density at radius 3 is 2.20 bits per heavy atom. The topological polar surface area (TPSA) is 95.5 Å². The van der Waals surface area contributed by atoms with Gasteiger partial charge in [-0.15, -0.1) is 0 Å². The van der Waals surface area contributed by atoms with Crippen molar-refractivity contribution in [3.8, 4) is 0 Å². The van der Waals surface area contributed by atoms with Gasteiger partial charge in [-0.05, 0) is 23.3 Å². The number of carbonyl (C=O) groups excluding carboxylic acids is 2. The summed E-state index contributed by atoms with van der Waals surface area (Å²) in [6.07, 6.45) is 0.122. The predicted octanol–water partition coefficient (Wildman–Crippen LogP) is 2.27. The molecular weight excluding hydrogens is 320 g/mol. The van der Waals surface area contributed by atoms with Crippen molar-refractivity contribution >= 4 is 17.8 Å². The molecule has 0 unspecified atom stereocenters. The van der Waals surface area contributed by atoms with Crippen LogP contribution in [-0.2, 0) is 16.1 Å². The zero-order chi connectivity index (χ0) is 18.2. The molecule has 25 heavy (non-hydrogen) atoms. The fourth-order valence-electron chi connectivity index (χ4n) is 2.41. The molecule has 6 nitrogen and oxygen atoms in total. The van der Waals surface area contributed by atoms with Crippen molar-refractivity contribution in [2.45, 2.75) is 25.9 Å². The van der Waals surface area contributed by atoms with Crippen LogP contribution < -0.4 is 10.6 Å². The molecule has 0 aliphatic carbocycles. The minimum absolute atomic E-state index is 0.122. The smallest absolute Gasteiger partial charge is 0.335 e. The SMILES string of the molecule is CC(=O)N[C@H](CC(=O)NCc1ccc(C(=O)O)cc1)c1ccccc1. The number of aromatic carboxylic acids is 1. The van der Waals surface area contributed by atoms with Gasteiger partial charge in [0.2, 0.25) is 11.8 Å². The van der Waals surface area contributed by atoms with E-state index in [9.17, 15) is 14.4 Å². The largest absolute Gasteiger partial charge is 0.478 e. The normalized spacial score (nSPS) is 11.4. The Kier molecular flexibility index (Phi) is 6.28. The van der Waals surface area contributed by atoms with Gasteiger partial charge in [-0.2, -0.15) is 0 Å². The lowest BCUT2D eigenvalue weighted by molar-refractivity contribution is -0.122. The van der Waals surface area contributed by atoms with Crippen molar-refractivity contribution in [3.63, 3.8) is 0 Å². The molecule has 0 fully saturated rings. The summed E-state index contributed by atoms with van der Waals surface area (Å²) in [7, 11) is 0. The third kappa shape index (κ3) is 5.76. The molecule has 2 aromatic rings. The molecule has 2 aromatic carbocycles. The minimum Gasteiger partial charge on any atom is -0.478 e. The highest BCUT2D eigenvalue weighted by Gasteiger charge is 2.16. The lowest BCUT2D eigenvalue weighted by Gasteiger charge is -2.18. The molecule has 2 amide bonds. The Morgan fingerprint density at radius 2 is 1.64 bits per heavy atom. The first-order valence-electron chi connectivity index (χ1n) is 7.86. The third-order valence-corrected chi connectivity index (χ3v) is 3.66. The quantitative estimate of drug-likeness (QED) is 0.720. The first-order valence-corrected chi connectivity index (χ1v) is 7.86. The number of nitrogens with one attached hydrogen (secondary N) is 2. The van der Waals surface area contributed by atoms with Crippen molar-refractivity contribution in [3.05, 3.63) is 71.3 Å². The lowest BCUT2D eigenvalue weighted by Crippen LogP contribution is -2.32. The van der Waals surface area contributed by atoms with E-state index in [1.54, 1.807) is 12.1 Å². The summed E-state index contributed by atoms with van der Waals surface area (Å²) in [5, 5.41) is 14.4. The highest BCUT2D eigenvalue weighted by atomic mass is 16.4. The van der Waals surface area contributed by atoms with E-state index in [-0.39, 0.29) is 23.8 Å². The number of benzene rings is 2. The number of carbonyl (C=O) groups is 3. The molecule has 130 valence electrons. The van der Waals surface area contributed by atoms with Crippen LogP contribution in [0.15, 0.2) is 54.6 Å². The molecule has 0 radical (unpaired) electrons. The molecule has 2 rings (SSSR count). The first kappa shape index (κ1) is 18.2. The summed E-state index contributed by atoms with van der Waals surface area (Å²) in [5.74, 6) is -1.40. The third-order valence-electron chi connectivity index (χ3n) is 3.66. The minimum atomic E-state index is -0.989. The van der Waals surface area contributed by atoms with E-state index >= 15 is 0 Å². The van der Waals surface area contributed by atoms with Crippen LogP contribution >= 0.6 is 0 Å². The summed E-state index contributed by atoms with van der Waals surface area (Å²) in [6, 6.07) is 15.2. The first-order chi connectivity index (χ1) is 12.0. The molecule has 0 spiro atoms. The molecule has 0 aromatic heterocycles. The van der Waals surface area contributed by atoms with Crippen LogP contribution in [0.5, 0.6) is 0 Å². The Hall–Kier alpha value is -3.15. The maximum Gasteiger partial charge on any atom is 0.335 e. The van der Waals surface area contributed by atoms with Gasteiger partial charge in [0.15, 0.2) is 0 Å². The van der Waals surface area contributed by atoms with Gasteiger partial charge in [0.1, 0.15) is 0 Å². The van der Waals surface area contributed by atoms with Gasteiger partial charge in [-0.3, -0.25) is 9.59 Å². The van der Waals surface area contributed by atoms with Gasteiger partial charge in [0.05, 0.1) is 18.0 Å². The van der Waals surface area contributed by atoms with Gasteiger partial charge in [0, 0.05) is 13.5 Å². The Balaban J connectivity index is 1.94. The summed E-state index contributed by atoms with van der Waals surface area (Å²) < 4.78 is 0. The second kappa shape index (κ2) is 8.63. The summed E-state index contributed by atoms with van der Waals surface area (Å²) in [4.78, 5) is 34.4. The molecule has 6 heteroatoms. The maximum atomic E-state index is 12.2. The summed E-state index contributed by atoms with van der Waals surface area (Å²) in [6.45, 7) is 1.71. The van der Waals surface area contributed by atoms with Crippen molar-refractivity contribution < 1.29 is 19.5 Å². The summed E-state index contributed by atoms with van der Waals surface area (Å²) in [5.41, 5.74) is 1.86. The molecule has 0 bridgehead atoms. The van der Waals surface area contributed by atoms with E-state index < -0.39 is 12.0 Å². The molecular formula is C19H20N2O4. The van der Waals surface area contributed by atoms with Crippen LogP contribution in [-0.4, -0.2) is 22.9 Å². The fourth-order valence-corrected chi connectivity index (χ4v) is 2.41. The predicted molar refractivity (Wildman–Crippen MR) is 92.9 cm³/mol. The van der Waals surface area contributed by atoms with Crippen LogP contribution in [0.1, 0.15) is 40.9 Å². The van der Waals surface area contributed by atoms with Gasteiger partial charge in [-0.25, -0.2) is 4.79 Å². The van der Waals surface area contributed by atoms with Crippen LogP contribution in [0.3, 0.4) is 0 Å². The molecule has 0 aliphatic heterocycles. The second-order valence-electron chi connectivity index (χ2n) is 5.65. The second-order valence-corrected chi connectivity index (χ2v) is 5.65. The van der Waals surface area contributed by atoms with Crippen molar-refractivity contribution in [2.24, 2.45) is 0 Å². The van der Waals surface area contributed by atoms with Gasteiger partial charge < -0.3 is 15.7 Å². The van der Waals surface area contributed by atoms with Crippen molar-refractivity contribution in [1.82, 2.24) is 10.6 Å². The number of amides is 2. The van der Waals surface area contributed by atoms with E-state index in [1.807, 2.05) is 30.3 Å². The molecule has 0 saturated carbocycles. The highest BCUT2D eigenvalue weighted by molar-refractivity contribution is 5.87. The average Bonchev–Trinajstić information content (AvgIpc) is 2.60. The number of carboxylic acids is 1. The molecule has 3 N–H and O–H groups in total. The number of hydrogen-bond donors (Lipinski definition) is 3. The summed E-state index contributed by atoms with van der Waals surface area (Å²) >= 11 is 0. The van der Waals surface area contributed by atoms with Crippen molar-refractivity contribution in [1.29, 1.82) is 0 Å². The molecule has 0 heterocycles. The fraction of sp³-hybridized carbons (Fsp3) is 0.211. The zero-order valence-corrected chi connectivity index (χ0v) is 13.9. The van der Waals surface area contributed by atoms with Gasteiger partial charge >= 0.3 is 5.97 Å². The molecule has 0 saturated heterocycles. The monoisotopic (exact) mass is 340 g/mol. The Morgan fingerprint density at radius 1 is 1.00 bits per heavy atom. The van der Waals surface area contributed by atoms with E-state index in [0.717, 1.165) is 11.1 Å². The maximum absolute atomic E-state index is 12.2. The van der Waals surface area contributed by atoms with Gasteiger partial charge in [0.25, 0.3) is 0 Å². The molecule has 0 aliphatic rings. The molecule has 1 atom stereocenters. The van der Waals surface area contributed by atoms with Crippen LogP contribution in [0.4, 0.5) is 0 Å². The van der Waals surface area contributed by atoms with E-state index in [2.05, 4.69) is 10.6 Å². The average molecular weight is 340 g/mol. The van der Waals surface area contributed by atoms with E-state index in [1.165, 1.54) is 19.1 Å². The Bertz CT molecular complexity index is 742. The lowest BCUT2D eigenvalue weighted by atomic mass is 10.0.